The van der Waals surface area contributed by atoms with Crippen molar-refractivity contribution in [3.05, 3.63) is 71.8 Å². The van der Waals surface area contributed by atoms with Crippen molar-refractivity contribution < 1.29 is 9.59 Å². The first-order valence-electron chi connectivity index (χ1n) is 10.2. The van der Waals surface area contributed by atoms with Crippen LogP contribution in [0.1, 0.15) is 41.1 Å². The zero-order valence-electron chi connectivity index (χ0n) is 16.5. The highest BCUT2D eigenvalue weighted by atomic mass is 16.2. The molecule has 28 heavy (non-hydrogen) atoms. The number of likely N-dealkylation sites (N-methyl/N-ethyl adjacent to an activating group) is 1. The van der Waals surface area contributed by atoms with Crippen molar-refractivity contribution in [2.75, 3.05) is 33.2 Å². The van der Waals surface area contributed by atoms with Crippen molar-refractivity contribution in [3.63, 3.8) is 0 Å². The van der Waals surface area contributed by atoms with E-state index < -0.39 is 0 Å². The summed E-state index contributed by atoms with van der Waals surface area (Å²) in [6.45, 7) is 3.51. The maximum Gasteiger partial charge on any atom is 0.294 e. The van der Waals surface area contributed by atoms with E-state index in [4.69, 9.17) is 0 Å². The molecular weight excluding hydrogens is 348 g/mol. The SMILES string of the molecule is CN1CC(c2ccccc2)CC2(CCN(C(=O)C(=O)c3ccccc3)CC2)C1. The fourth-order valence-corrected chi connectivity index (χ4v) is 5.02. The zero-order valence-corrected chi connectivity index (χ0v) is 16.5. The Kier molecular flexibility index (Phi) is 5.31. The fraction of sp³-hybridized carbons (Fsp3) is 0.417. The molecule has 0 radical (unpaired) electrons. The molecule has 146 valence electrons. The lowest BCUT2D eigenvalue weighted by Gasteiger charge is -2.49. The third kappa shape index (κ3) is 3.88. The topological polar surface area (TPSA) is 40.6 Å². The van der Waals surface area contributed by atoms with E-state index in [0.29, 0.717) is 24.6 Å². The van der Waals surface area contributed by atoms with Gasteiger partial charge < -0.3 is 9.80 Å². The Morgan fingerprint density at radius 1 is 0.929 bits per heavy atom. The van der Waals surface area contributed by atoms with Crippen molar-refractivity contribution in [1.29, 1.82) is 0 Å². The Hall–Kier alpha value is -2.46. The van der Waals surface area contributed by atoms with Crippen LogP contribution in [0, 0.1) is 5.41 Å². The van der Waals surface area contributed by atoms with E-state index in [-0.39, 0.29) is 17.1 Å². The molecule has 0 aromatic heterocycles. The molecular formula is C24H28N2O2. The minimum atomic E-state index is -0.389. The van der Waals surface area contributed by atoms with E-state index in [1.807, 2.05) is 6.07 Å². The lowest BCUT2D eigenvalue weighted by Crippen LogP contribution is -2.52. The van der Waals surface area contributed by atoms with Crippen LogP contribution in [0.15, 0.2) is 60.7 Å². The fourth-order valence-electron chi connectivity index (χ4n) is 5.02. The van der Waals surface area contributed by atoms with E-state index in [1.54, 1.807) is 29.2 Å². The largest absolute Gasteiger partial charge is 0.336 e. The number of carbonyl (C=O) groups is 2. The number of carbonyl (C=O) groups excluding carboxylic acids is 2. The van der Waals surface area contributed by atoms with Crippen molar-refractivity contribution in [2.45, 2.75) is 25.2 Å². The molecule has 2 fully saturated rings. The average molecular weight is 377 g/mol. The summed E-state index contributed by atoms with van der Waals surface area (Å²) in [5, 5.41) is 0. The van der Waals surface area contributed by atoms with Gasteiger partial charge in [0.15, 0.2) is 0 Å². The van der Waals surface area contributed by atoms with Gasteiger partial charge in [0, 0.05) is 31.7 Å². The molecule has 2 aromatic carbocycles. The summed E-state index contributed by atoms with van der Waals surface area (Å²) in [6, 6.07) is 19.6. The lowest BCUT2D eigenvalue weighted by molar-refractivity contribution is -0.129. The molecule has 1 amide bonds. The summed E-state index contributed by atoms with van der Waals surface area (Å²) >= 11 is 0. The number of hydrogen-bond donors (Lipinski definition) is 0. The molecule has 4 heteroatoms. The van der Waals surface area contributed by atoms with Crippen LogP contribution in [0.2, 0.25) is 0 Å². The van der Waals surface area contributed by atoms with E-state index in [1.165, 1.54) is 5.56 Å². The summed E-state index contributed by atoms with van der Waals surface area (Å²) in [6.07, 6.45) is 3.10. The van der Waals surface area contributed by atoms with Crippen LogP contribution in [0.3, 0.4) is 0 Å². The smallest absolute Gasteiger partial charge is 0.294 e. The predicted molar refractivity (Wildman–Crippen MR) is 110 cm³/mol. The second kappa shape index (κ2) is 7.88. The highest BCUT2D eigenvalue weighted by Gasteiger charge is 2.42. The van der Waals surface area contributed by atoms with Gasteiger partial charge in [-0.2, -0.15) is 0 Å². The van der Waals surface area contributed by atoms with Gasteiger partial charge in [-0.25, -0.2) is 0 Å². The number of benzene rings is 2. The number of amides is 1. The summed E-state index contributed by atoms with van der Waals surface area (Å²) in [7, 11) is 2.20. The maximum absolute atomic E-state index is 12.7. The summed E-state index contributed by atoms with van der Waals surface area (Å²) in [5.74, 6) is -0.211. The molecule has 0 N–H and O–H groups in total. The summed E-state index contributed by atoms with van der Waals surface area (Å²) in [5.41, 5.74) is 2.13. The van der Waals surface area contributed by atoms with Crippen molar-refractivity contribution in [2.24, 2.45) is 5.41 Å². The second-order valence-corrected chi connectivity index (χ2v) is 8.50. The summed E-state index contributed by atoms with van der Waals surface area (Å²) < 4.78 is 0. The molecule has 1 atom stereocenters. The molecule has 0 aliphatic carbocycles. The summed E-state index contributed by atoms with van der Waals surface area (Å²) in [4.78, 5) is 29.4. The molecule has 2 aliphatic heterocycles. The molecule has 2 heterocycles. The quantitative estimate of drug-likeness (QED) is 0.607. The second-order valence-electron chi connectivity index (χ2n) is 8.50. The minimum absolute atomic E-state index is 0.236. The van der Waals surface area contributed by atoms with Gasteiger partial charge in [0.2, 0.25) is 5.78 Å². The van der Waals surface area contributed by atoms with E-state index in [0.717, 1.165) is 32.4 Å². The maximum atomic E-state index is 12.7. The molecule has 4 rings (SSSR count). The monoisotopic (exact) mass is 376 g/mol. The van der Waals surface area contributed by atoms with Gasteiger partial charge in [0.25, 0.3) is 5.91 Å². The van der Waals surface area contributed by atoms with Crippen molar-refractivity contribution >= 4 is 11.7 Å². The van der Waals surface area contributed by atoms with Gasteiger partial charge in [0.1, 0.15) is 0 Å². The average Bonchev–Trinajstić information content (AvgIpc) is 2.74. The Morgan fingerprint density at radius 3 is 2.18 bits per heavy atom. The Labute approximate surface area is 167 Å². The number of rotatable bonds is 3. The van der Waals surface area contributed by atoms with E-state index in [9.17, 15) is 9.59 Å². The molecule has 0 saturated carbocycles. The standard InChI is InChI=1S/C24H28N2O2/c1-25-17-21(19-8-4-2-5-9-19)16-24(18-25)12-14-26(15-13-24)23(28)22(27)20-10-6-3-7-11-20/h2-11,21H,12-18H2,1H3. The number of Topliss-reactive ketones (excluding diaryl/α,β-unsaturated/α-hetero) is 1. The van der Waals surface area contributed by atoms with Gasteiger partial charge in [-0.3, -0.25) is 9.59 Å². The van der Waals surface area contributed by atoms with Crippen molar-refractivity contribution in [3.8, 4) is 0 Å². The minimum Gasteiger partial charge on any atom is -0.336 e. The Morgan fingerprint density at radius 2 is 1.54 bits per heavy atom. The highest BCUT2D eigenvalue weighted by molar-refractivity contribution is 6.42. The molecule has 1 spiro atoms. The predicted octanol–water partition coefficient (Wildman–Crippen LogP) is 3.60. The van der Waals surface area contributed by atoms with Crippen LogP contribution in [0.5, 0.6) is 0 Å². The number of hydrogen-bond acceptors (Lipinski definition) is 3. The zero-order chi connectivity index (χ0) is 19.6. The molecule has 2 aromatic rings. The van der Waals surface area contributed by atoms with Crippen LogP contribution in [-0.4, -0.2) is 54.7 Å². The van der Waals surface area contributed by atoms with Crippen LogP contribution in [0.4, 0.5) is 0 Å². The number of likely N-dealkylation sites (tertiary alicyclic amines) is 2. The normalized spacial score (nSPS) is 22.2. The first-order chi connectivity index (χ1) is 13.6. The highest BCUT2D eigenvalue weighted by Crippen LogP contribution is 2.44. The first-order valence-corrected chi connectivity index (χ1v) is 10.2. The van der Waals surface area contributed by atoms with Crippen LogP contribution >= 0.6 is 0 Å². The van der Waals surface area contributed by atoms with Crippen LogP contribution < -0.4 is 0 Å². The van der Waals surface area contributed by atoms with Gasteiger partial charge >= 0.3 is 0 Å². The number of piperidine rings is 2. The molecule has 4 nitrogen and oxygen atoms in total. The first kappa shape index (κ1) is 18.9. The number of ketones is 1. The molecule has 0 bridgehead atoms. The third-order valence-corrected chi connectivity index (χ3v) is 6.43. The Balaban J connectivity index is 1.42. The van der Waals surface area contributed by atoms with Gasteiger partial charge in [-0.05, 0) is 43.2 Å². The van der Waals surface area contributed by atoms with Crippen LogP contribution in [-0.2, 0) is 4.79 Å². The third-order valence-electron chi connectivity index (χ3n) is 6.43. The van der Waals surface area contributed by atoms with Gasteiger partial charge in [-0.15, -0.1) is 0 Å². The van der Waals surface area contributed by atoms with Crippen LogP contribution in [0.25, 0.3) is 0 Å². The Bertz CT molecular complexity index is 826. The molecule has 2 aliphatic rings. The van der Waals surface area contributed by atoms with Crippen molar-refractivity contribution in [1.82, 2.24) is 9.80 Å². The molecule has 2 saturated heterocycles. The van der Waals surface area contributed by atoms with Gasteiger partial charge in [-0.1, -0.05) is 60.7 Å². The van der Waals surface area contributed by atoms with E-state index >= 15 is 0 Å². The van der Waals surface area contributed by atoms with Gasteiger partial charge in [0.05, 0.1) is 0 Å². The van der Waals surface area contributed by atoms with E-state index in [2.05, 4.69) is 42.3 Å². The number of nitrogens with zero attached hydrogens (tertiary/aromatic N) is 2. The molecule has 1 unspecified atom stereocenters. The lowest BCUT2D eigenvalue weighted by atomic mass is 9.68.